The highest BCUT2D eigenvalue weighted by Gasteiger charge is 2.48. The van der Waals surface area contributed by atoms with Crippen LogP contribution in [-0.2, 0) is 9.59 Å². The number of carboxylic acids is 1. The molecule has 0 bridgehead atoms. The van der Waals surface area contributed by atoms with Crippen LogP contribution in [0.15, 0.2) is 12.3 Å². The van der Waals surface area contributed by atoms with E-state index in [2.05, 4.69) is 10.3 Å². The van der Waals surface area contributed by atoms with Gasteiger partial charge in [0.15, 0.2) is 5.13 Å². The van der Waals surface area contributed by atoms with Crippen LogP contribution in [0.4, 0.5) is 5.13 Å². The molecule has 0 spiro atoms. The van der Waals surface area contributed by atoms with Crippen LogP contribution >= 0.6 is 11.3 Å². The maximum atomic E-state index is 12.0. The lowest BCUT2D eigenvalue weighted by Crippen LogP contribution is -2.21. The molecule has 2 atom stereocenters. The van der Waals surface area contributed by atoms with E-state index in [1.54, 1.807) is 6.20 Å². The lowest BCUT2D eigenvalue weighted by Gasteiger charge is -2.09. The molecule has 2 N–H and O–H groups in total. The zero-order chi connectivity index (χ0) is 13.4. The number of aliphatic carboxylic acids is 1. The van der Waals surface area contributed by atoms with Gasteiger partial charge < -0.3 is 10.4 Å². The Morgan fingerprint density at radius 1 is 1.37 bits per heavy atom. The summed E-state index contributed by atoms with van der Waals surface area (Å²) in [5.74, 6) is 0.743. The van der Waals surface area contributed by atoms with E-state index in [0.717, 1.165) is 30.8 Å². The number of carboxylic acid groups (broad SMARTS) is 1. The van der Waals surface area contributed by atoms with E-state index in [1.807, 2.05) is 0 Å². The summed E-state index contributed by atoms with van der Waals surface area (Å²) >= 11 is 1.28. The first-order chi connectivity index (χ1) is 9.11. The monoisotopic (exact) mass is 278 g/mol. The first-order valence-electron chi connectivity index (χ1n) is 6.29. The second-order valence-electron chi connectivity index (χ2n) is 5.15. The Morgan fingerprint density at radius 2 is 2.11 bits per heavy atom. The van der Waals surface area contributed by atoms with Crippen molar-refractivity contribution in [1.29, 1.82) is 0 Å². The van der Waals surface area contributed by atoms with Crippen molar-refractivity contribution in [1.82, 2.24) is 4.98 Å². The van der Waals surface area contributed by atoms with Gasteiger partial charge in [0, 0.05) is 23.1 Å². The van der Waals surface area contributed by atoms with Crippen LogP contribution in [0.5, 0.6) is 0 Å². The van der Waals surface area contributed by atoms with Crippen LogP contribution in [-0.4, -0.2) is 22.0 Å². The largest absolute Gasteiger partial charge is 0.478 e. The Balaban J connectivity index is 1.57. The number of hydrogen-bond acceptors (Lipinski definition) is 4. The van der Waals surface area contributed by atoms with Gasteiger partial charge in [0.25, 0.3) is 0 Å². The number of nitrogens with one attached hydrogen (secondary N) is 1. The fourth-order valence-electron chi connectivity index (χ4n) is 2.71. The molecule has 1 aromatic heterocycles. The Hall–Kier alpha value is -1.69. The topological polar surface area (TPSA) is 79.3 Å². The van der Waals surface area contributed by atoms with Crippen LogP contribution in [0, 0.1) is 17.8 Å². The number of aromatic nitrogens is 1. The Morgan fingerprint density at radius 3 is 2.79 bits per heavy atom. The first-order valence-corrected chi connectivity index (χ1v) is 7.11. The number of rotatable bonds is 4. The number of anilines is 1. The predicted molar refractivity (Wildman–Crippen MR) is 71.7 cm³/mol. The fourth-order valence-corrected chi connectivity index (χ4v) is 3.43. The molecule has 1 heterocycles. The van der Waals surface area contributed by atoms with Crippen LogP contribution in [0.1, 0.15) is 24.1 Å². The molecule has 1 aromatic rings. The molecule has 6 heteroatoms. The molecule has 2 fully saturated rings. The van der Waals surface area contributed by atoms with Crippen molar-refractivity contribution in [3.05, 3.63) is 17.2 Å². The minimum atomic E-state index is -0.996. The lowest BCUT2D eigenvalue weighted by molar-refractivity contribution is -0.131. The molecule has 2 unspecified atom stereocenters. The third kappa shape index (κ3) is 2.84. The standard InChI is InChI=1S/C13H14N2O3S/c16-11(17)2-1-10-6-14-13(19-10)15-12(18)9-4-7-3-8(7)5-9/h1-2,6-9H,3-5H2,(H,16,17)(H,14,15,18). The van der Waals surface area contributed by atoms with Crippen molar-refractivity contribution >= 4 is 34.4 Å². The Kier molecular flexibility index (Phi) is 3.10. The number of carbonyl (C=O) groups excluding carboxylic acids is 1. The highest BCUT2D eigenvalue weighted by Crippen LogP contribution is 2.54. The summed E-state index contributed by atoms with van der Waals surface area (Å²) in [6, 6.07) is 0. The summed E-state index contributed by atoms with van der Waals surface area (Å²) in [6.07, 6.45) is 7.41. The molecular formula is C13H14N2O3S. The highest BCUT2D eigenvalue weighted by atomic mass is 32.1. The maximum Gasteiger partial charge on any atom is 0.328 e. The third-order valence-electron chi connectivity index (χ3n) is 3.76. The minimum Gasteiger partial charge on any atom is -0.478 e. The summed E-state index contributed by atoms with van der Waals surface area (Å²) < 4.78 is 0. The summed E-state index contributed by atoms with van der Waals surface area (Å²) in [5, 5.41) is 11.9. The van der Waals surface area contributed by atoms with E-state index in [9.17, 15) is 9.59 Å². The zero-order valence-electron chi connectivity index (χ0n) is 10.2. The van der Waals surface area contributed by atoms with E-state index in [0.29, 0.717) is 10.0 Å². The normalized spacial score (nSPS) is 28.3. The summed E-state index contributed by atoms with van der Waals surface area (Å²) in [7, 11) is 0. The predicted octanol–water partition coefficient (Wildman–Crippen LogP) is 2.23. The summed E-state index contributed by atoms with van der Waals surface area (Å²) in [4.78, 5) is 27.2. The molecule has 19 heavy (non-hydrogen) atoms. The van der Waals surface area contributed by atoms with Gasteiger partial charge in [-0.3, -0.25) is 4.79 Å². The van der Waals surface area contributed by atoms with E-state index >= 15 is 0 Å². The highest BCUT2D eigenvalue weighted by molar-refractivity contribution is 7.16. The van der Waals surface area contributed by atoms with Crippen LogP contribution in [0.3, 0.4) is 0 Å². The van der Waals surface area contributed by atoms with Crippen molar-refractivity contribution < 1.29 is 14.7 Å². The number of hydrogen-bond donors (Lipinski definition) is 2. The van der Waals surface area contributed by atoms with Gasteiger partial charge in [-0.1, -0.05) is 11.3 Å². The smallest absolute Gasteiger partial charge is 0.328 e. The molecule has 100 valence electrons. The van der Waals surface area contributed by atoms with Gasteiger partial charge in [-0.2, -0.15) is 0 Å². The van der Waals surface area contributed by atoms with Crippen LogP contribution in [0.2, 0.25) is 0 Å². The number of fused-ring (bicyclic) bond motifs is 1. The molecule has 0 saturated heterocycles. The Labute approximate surface area is 114 Å². The molecule has 3 rings (SSSR count). The van der Waals surface area contributed by atoms with Crippen LogP contribution in [0.25, 0.3) is 6.08 Å². The van der Waals surface area contributed by atoms with Gasteiger partial charge in [-0.05, 0) is 37.2 Å². The van der Waals surface area contributed by atoms with Crippen molar-refractivity contribution in [3.8, 4) is 0 Å². The molecule has 1 amide bonds. The number of carbonyl (C=O) groups is 2. The fraction of sp³-hybridized carbons (Fsp3) is 0.462. The van der Waals surface area contributed by atoms with Gasteiger partial charge in [0.05, 0.1) is 0 Å². The van der Waals surface area contributed by atoms with Crippen molar-refractivity contribution in [2.45, 2.75) is 19.3 Å². The van der Waals surface area contributed by atoms with Crippen molar-refractivity contribution in [3.63, 3.8) is 0 Å². The molecule has 2 aliphatic carbocycles. The molecule has 0 aliphatic heterocycles. The summed E-state index contributed by atoms with van der Waals surface area (Å²) in [5.41, 5.74) is 0. The lowest BCUT2D eigenvalue weighted by atomic mass is 10.0. The minimum absolute atomic E-state index is 0.0512. The maximum absolute atomic E-state index is 12.0. The first kappa shape index (κ1) is 12.3. The molecular weight excluding hydrogens is 264 g/mol. The van der Waals surface area contributed by atoms with Gasteiger partial charge in [0.2, 0.25) is 5.91 Å². The molecule has 2 saturated carbocycles. The second-order valence-corrected chi connectivity index (χ2v) is 6.22. The van der Waals surface area contributed by atoms with Gasteiger partial charge in [0.1, 0.15) is 0 Å². The number of thiazole rings is 1. The zero-order valence-corrected chi connectivity index (χ0v) is 11.0. The third-order valence-corrected chi connectivity index (χ3v) is 4.64. The van der Waals surface area contributed by atoms with Gasteiger partial charge >= 0.3 is 5.97 Å². The molecule has 0 aromatic carbocycles. The molecule has 0 radical (unpaired) electrons. The quantitative estimate of drug-likeness (QED) is 0.828. The second kappa shape index (κ2) is 4.77. The van der Waals surface area contributed by atoms with E-state index in [1.165, 1.54) is 23.8 Å². The molecule has 2 aliphatic rings. The molecule has 5 nitrogen and oxygen atoms in total. The van der Waals surface area contributed by atoms with Crippen LogP contribution < -0.4 is 5.32 Å². The van der Waals surface area contributed by atoms with Crippen molar-refractivity contribution in [2.24, 2.45) is 17.8 Å². The van der Waals surface area contributed by atoms with E-state index in [4.69, 9.17) is 5.11 Å². The number of nitrogens with zero attached hydrogens (tertiary/aromatic N) is 1. The summed E-state index contributed by atoms with van der Waals surface area (Å²) in [6.45, 7) is 0. The van der Waals surface area contributed by atoms with Gasteiger partial charge in [-0.15, -0.1) is 0 Å². The number of amides is 1. The van der Waals surface area contributed by atoms with Gasteiger partial charge in [-0.25, -0.2) is 9.78 Å². The van der Waals surface area contributed by atoms with E-state index in [-0.39, 0.29) is 11.8 Å². The average Bonchev–Trinajstić information content (AvgIpc) is 2.79. The average molecular weight is 278 g/mol. The van der Waals surface area contributed by atoms with E-state index < -0.39 is 5.97 Å². The SMILES string of the molecule is O=C(O)C=Cc1cnc(NC(=O)C2CC3CC3C2)s1. The van der Waals surface area contributed by atoms with Crippen molar-refractivity contribution in [2.75, 3.05) is 5.32 Å². The Bertz CT molecular complexity index is 542.